The molecule has 2 N–H and O–H groups in total. The van der Waals surface area contributed by atoms with Gasteiger partial charge >= 0.3 is 0 Å². The van der Waals surface area contributed by atoms with Crippen LogP contribution in [-0.2, 0) is 0 Å². The quantitative estimate of drug-likeness (QED) is 0.584. The zero-order chi connectivity index (χ0) is 8.27. The lowest BCUT2D eigenvalue weighted by atomic mass is 10.1. The van der Waals surface area contributed by atoms with E-state index in [1.165, 1.54) is 12.1 Å². The smallest absolute Gasteiger partial charge is 0.169 e. The summed E-state index contributed by atoms with van der Waals surface area (Å²) in [5.74, 6) is -0.0541. The van der Waals surface area contributed by atoms with E-state index in [9.17, 15) is 0 Å². The summed E-state index contributed by atoms with van der Waals surface area (Å²) in [4.78, 5) is 0. The number of nitrogens with zero attached hydrogens (tertiary/aromatic N) is 1. The van der Waals surface area contributed by atoms with Gasteiger partial charge in [-0.15, -0.1) is 0 Å². The van der Waals surface area contributed by atoms with Crippen LogP contribution in [0.5, 0.6) is 5.75 Å². The molecule has 1 rings (SSSR count). The van der Waals surface area contributed by atoms with E-state index in [1.807, 2.05) is 0 Å². The van der Waals surface area contributed by atoms with Crippen molar-refractivity contribution in [1.29, 1.82) is 5.26 Å². The maximum absolute atomic E-state index is 9.10. The van der Waals surface area contributed by atoms with E-state index < -0.39 is 6.10 Å². The van der Waals surface area contributed by atoms with Gasteiger partial charge in [0, 0.05) is 5.56 Å². The van der Waals surface area contributed by atoms with Crippen LogP contribution in [0.2, 0.25) is 0 Å². The van der Waals surface area contributed by atoms with Crippen LogP contribution in [-0.4, -0.2) is 10.2 Å². The minimum Gasteiger partial charge on any atom is -0.508 e. The number of hydrogen-bond donors (Lipinski definition) is 2. The average Bonchev–Trinajstić information content (AvgIpc) is 2.04. The summed E-state index contributed by atoms with van der Waals surface area (Å²) in [6.07, 6.45) is -1.24. The van der Waals surface area contributed by atoms with Crippen LogP contribution < -0.4 is 0 Å². The lowest BCUT2D eigenvalue weighted by Gasteiger charge is -2.02. The van der Waals surface area contributed by atoms with E-state index in [0.717, 1.165) is 0 Å². The SMILES string of the molecule is N#CC(O)c1ccccc1O. The molecule has 0 aromatic heterocycles. The topological polar surface area (TPSA) is 64.2 Å². The molecule has 0 saturated heterocycles. The molecule has 11 heavy (non-hydrogen) atoms. The Morgan fingerprint density at radius 2 is 2.00 bits per heavy atom. The van der Waals surface area contributed by atoms with Crippen molar-refractivity contribution < 1.29 is 10.2 Å². The van der Waals surface area contributed by atoms with Gasteiger partial charge in [0.15, 0.2) is 6.10 Å². The van der Waals surface area contributed by atoms with Gasteiger partial charge in [-0.3, -0.25) is 0 Å². The van der Waals surface area contributed by atoms with Crippen molar-refractivity contribution >= 4 is 0 Å². The van der Waals surface area contributed by atoms with Gasteiger partial charge in [0.1, 0.15) is 5.75 Å². The molecule has 0 aliphatic rings. The first-order valence-corrected chi connectivity index (χ1v) is 3.11. The van der Waals surface area contributed by atoms with Gasteiger partial charge < -0.3 is 10.2 Å². The number of phenolic OH excluding ortho intramolecular Hbond substituents is 1. The van der Waals surface area contributed by atoms with Crippen LogP contribution in [0.25, 0.3) is 0 Å². The van der Waals surface area contributed by atoms with Gasteiger partial charge in [-0.2, -0.15) is 5.26 Å². The number of rotatable bonds is 1. The number of nitriles is 1. The van der Waals surface area contributed by atoms with E-state index in [0.29, 0.717) is 0 Å². The number of phenols is 1. The monoisotopic (exact) mass is 149 g/mol. The Balaban J connectivity index is 3.05. The van der Waals surface area contributed by atoms with Crippen LogP contribution in [0.3, 0.4) is 0 Å². The number of hydrogen-bond acceptors (Lipinski definition) is 3. The number of aliphatic hydroxyl groups excluding tert-OH is 1. The van der Waals surface area contributed by atoms with E-state index >= 15 is 0 Å². The predicted molar refractivity (Wildman–Crippen MR) is 38.7 cm³/mol. The summed E-state index contributed by atoms with van der Waals surface area (Å²) < 4.78 is 0. The molecule has 0 spiro atoms. The summed E-state index contributed by atoms with van der Waals surface area (Å²) >= 11 is 0. The second-order valence-electron chi connectivity index (χ2n) is 2.09. The molecule has 0 heterocycles. The van der Waals surface area contributed by atoms with Gasteiger partial charge in [0.25, 0.3) is 0 Å². The lowest BCUT2D eigenvalue weighted by molar-refractivity contribution is 0.231. The molecule has 0 aliphatic carbocycles. The Morgan fingerprint density at radius 1 is 1.36 bits per heavy atom. The highest BCUT2D eigenvalue weighted by molar-refractivity contribution is 5.35. The molecule has 0 saturated carbocycles. The van der Waals surface area contributed by atoms with Gasteiger partial charge in [0.05, 0.1) is 6.07 Å². The van der Waals surface area contributed by atoms with Gasteiger partial charge in [0.2, 0.25) is 0 Å². The Bertz CT molecular complexity index is 290. The second kappa shape index (κ2) is 3.04. The highest BCUT2D eigenvalue weighted by atomic mass is 16.3. The third-order valence-corrected chi connectivity index (χ3v) is 1.35. The maximum Gasteiger partial charge on any atom is 0.169 e. The van der Waals surface area contributed by atoms with Crippen molar-refractivity contribution in [2.24, 2.45) is 0 Å². The molecular formula is C8H7NO2. The molecule has 0 radical (unpaired) electrons. The number of aliphatic hydroxyl groups is 1. The largest absolute Gasteiger partial charge is 0.508 e. The molecule has 0 amide bonds. The first-order valence-electron chi connectivity index (χ1n) is 3.11. The Kier molecular flexibility index (Phi) is 2.09. The molecule has 3 nitrogen and oxygen atoms in total. The molecule has 0 aliphatic heterocycles. The van der Waals surface area contributed by atoms with Gasteiger partial charge in [-0.1, -0.05) is 18.2 Å². The summed E-state index contributed by atoms with van der Waals surface area (Å²) in [5.41, 5.74) is 0.245. The molecule has 3 heteroatoms. The summed E-state index contributed by atoms with van der Waals surface area (Å²) in [6.45, 7) is 0. The first kappa shape index (κ1) is 7.58. The zero-order valence-corrected chi connectivity index (χ0v) is 5.73. The Labute approximate surface area is 64.1 Å². The third kappa shape index (κ3) is 1.48. The molecule has 0 bridgehead atoms. The lowest BCUT2D eigenvalue weighted by Crippen LogP contribution is -1.92. The fourth-order valence-corrected chi connectivity index (χ4v) is 0.788. The van der Waals surface area contributed by atoms with E-state index in [-0.39, 0.29) is 11.3 Å². The third-order valence-electron chi connectivity index (χ3n) is 1.35. The first-order chi connectivity index (χ1) is 5.25. The fraction of sp³-hybridized carbons (Fsp3) is 0.125. The minimum absolute atomic E-state index is 0.0541. The van der Waals surface area contributed by atoms with E-state index in [2.05, 4.69) is 0 Å². The van der Waals surface area contributed by atoms with Crippen LogP contribution in [0.4, 0.5) is 0 Å². The van der Waals surface area contributed by atoms with E-state index in [1.54, 1.807) is 18.2 Å². The highest BCUT2D eigenvalue weighted by Gasteiger charge is 2.08. The van der Waals surface area contributed by atoms with E-state index in [4.69, 9.17) is 15.5 Å². The summed E-state index contributed by atoms with van der Waals surface area (Å²) in [7, 11) is 0. The Morgan fingerprint density at radius 3 is 2.55 bits per heavy atom. The molecule has 1 atom stereocenters. The van der Waals surface area contributed by atoms with Crippen LogP contribution >= 0.6 is 0 Å². The average molecular weight is 149 g/mol. The summed E-state index contributed by atoms with van der Waals surface area (Å²) in [5, 5.41) is 26.4. The number of aromatic hydroxyl groups is 1. The van der Waals surface area contributed by atoms with Crippen molar-refractivity contribution in [2.75, 3.05) is 0 Å². The van der Waals surface area contributed by atoms with Crippen molar-refractivity contribution in [3.05, 3.63) is 29.8 Å². The second-order valence-corrected chi connectivity index (χ2v) is 2.09. The minimum atomic E-state index is -1.24. The van der Waals surface area contributed by atoms with Gasteiger partial charge in [-0.25, -0.2) is 0 Å². The molecular weight excluding hydrogens is 142 g/mol. The maximum atomic E-state index is 9.10. The van der Waals surface area contributed by atoms with Crippen molar-refractivity contribution in [1.82, 2.24) is 0 Å². The predicted octanol–water partition coefficient (Wildman–Crippen LogP) is 0.949. The van der Waals surface area contributed by atoms with Crippen LogP contribution in [0.1, 0.15) is 11.7 Å². The van der Waals surface area contributed by atoms with Crippen LogP contribution in [0, 0.1) is 11.3 Å². The van der Waals surface area contributed by atoms with Gasteiger partial charge in [-0.05, 0) is 6.07 Å². The molecule has 1 aromatic carbocycles. The number of benzene rings is 1. The molecule has 56 valence electrons. The molecule has 1 aromatic rings. The zero-order valence-electron chi connectivity index (χ0n) is 5.73. The fourth-order valence-electron chi connectivity index (χ4n) is 0.788. The Hall–Kier alpha value is -1.53. The van der Waals surface area contributed by atoms with Crippen molar-refractivity contribution in [2.45, 2.75) is 6.10 Å². The normalized spacial score (nSPS) is 12.0. The highest BCUT2D eigenvalue weighted by Crippen LogP contribution is 2.22. The van der Waals surface area contributed by atoms with Crippen molar-refractivity contribution in [3.8, 4) is 11.8 Å². The van der Waals surface area contributed by atoms with Crippen LogP contribution in [0.15, 0.2) is 24.3 Å². The molecule has 1 unspecified atom stereocenters. The molecule has 0 fully saturated rings. The number of para-hydroxylation sites is 1. The standard InChI is InChI=1S/C8H7NO2/c9-5-8(11)6-3-1-2-4-7(6)10/h1-4,8,10-11H. The summed E-state index contributed by atoms with van der Waals surface area (Å²) in [6, 6.07) is 7.82. The van der Waals surface area contributed by atoms with Crippen molar-refractivity contribution in [3.63, 3.8) is 0 Å².